The minimum absolute atomic E-state index is 0.00777. The lowest BCUT2D eigenvalue weighted by Gasteiger charge is -2.31. The number of methoxy groups -OCH3 is 1. The number of carbonyl (C=O) groups excluding carboxylic acids is 1. The molecule has 3 aromatic carbocycles. The summed E-state index contributed by atoms with van der Waals surface area (Å²) in [6.45, 7) is 2.08. The number of hydrogen-bond acceptors (Lipinski definition) is 4. The van der Waals surface area contributed by atoms with Gasteiger partial charge in [-0.3, -0.25) is 4.79 Å². The number of nitrogens with one attached hydrogen (secondary N) is 2. The van der Waals surface area contributed by atoms with Crippen LogP contribution in [0.4, 0.5) is 5.69 Å². The van der Waals surface area contributed by atoms with Crippen molar-refractivity contribution in [2.75, 3.05) is 12.0 Å². The van der Waals surface area contributed by atoms with Gasteiger partial charge in [-0.15, -0.1) is 0 Å². The smallest absolute Gasteiger partial charge is 0.246 e. The number of benzene rings is 3. The minimum Gasteiger partial charge on any atom is -0.497 e. The highest BCUT2D eigenvalue weighted by Gasteiger charge is 2.55. The Bertz CT molecular complexity index is 1080. The molecule has 0 radical (unpaired) electrons. The zero-order valence-electron chi connectivity index (χ0n) is 17.4. The van der Waals surface area contributed by atoms with Gasteiger partial charge in [-0.25, -0.2) is 10.9 Å². The molecule has 6 heteroatoms. The maximum Gasteiger partial charge on any atom is 0.246 e. The predicted octanol–water partition coefficient (Wildman–Crippen LogP) is 4.69. The van der Waals surface area contributed by atoms with Crippen LogP contribution in [0.2, 0.25) is 0 Å². The number of hydrazine groups is 1. The Labute approximate surface area is 190 Å². The van der Waals surface area contributed by atoms with Gasteiger partial charge in [-0.1, -0.05) is 57.9 Å². The van der Waals surface area contributed by atoms with Crippen molar-refractivity contribution in [1.29, 1.82) is 0 Å². The normalized spacial score (nSPS) is 25.0. The molecule has 0 saturated carbocycles. The van der Waals surface area contributed by atoms with E-state index in [1.54, 1.807) is 7.11 Å². The van der Waals surface area contributed by atoms with Crippen LogP contribution in [0.25, 0.3) is 0 Å². The highest BCUT2D eigenvalue weighted by atomic mass is 79.9. The maximum atomic E-state index is 13.6. The summed E-state index contributed by atoms with van der Waals surface area (Å²) in [5.74, 6) is 0.939. The summed E-state index contributed by atoms with van der Waals surface area (Å²) in [6, 6.07) is 24.2. The molecule has 2 fully saturated rings. The lowest BCUT2D eigenvalue weighted by Crippen LogP contribution is -2.41. The van der Waals surface area contributed by atoms with Crippen molar-refractivity contribution in [1.82, 2.24) is 10.9 Å². The standard InChI is InChI=1S/C25H24BrN3O2/c1-15-3-5-17(6-4-15)24-21-22(16-7-13-20(31-2)14-8-16)27-28-23(21)25(30)29(24)19-11-9-18(26)10-12-19/h3-14,21-24,27-28H,1-2H3. The third-order valence-corrected chi connectivity index (χ3v) is 6.84. The van der Waals surface area contributed by atoms with Crippen LogP contribution in [0.5, 0.6) is 5.75 Å². The molecule has 2 aliphatic rings. The number of fused-ring (bicyclic) bond motifs is 1. The van der Waals surface area contributed by atoms with Crippen molar-refractivity contribution >= 4 is 27.5 Å². The summed E-state index contributed by atoms with van der Waals surface area (Å²) < 4.78 is 6.31. The largest absolute Gasteiger partial charge is 0.497 e. The molecular weight excluding hydrogens is 454 g/mol. The Kier molecular flexibility index (Phi) is 5.30. The average molecular weight is 478 g/mol. The molecule has 1 amide bonds. The average Bonchev–Trinajstić information content (AvgIpc) is 3.34. The highest BCUT2D eigenvalue weighted by molar-refractivity contribution is 9.10. The van der Waals surface area contributed by atoms with Crippen molar-refractivity contribution in [2.24, 2.45) is 5.92 Å². The van der Waals surface area contributed by atoms with Crippen molar-refractivity contribution < 1.29 is 9.53 Å². The second-order valence-electron chi connectivity index (χ2n) is 8.13. The first-order valence-electron chi connectivity index (χ1n) is 10.4. The summed E-state index contributed by atoms with van der Waals surface area (Å²) in [6.07, 6.45) is 0. The Morgan fingerprint density at radius 1 is 0.839 bits per heavy atom. The van der Waals surface area contributed by atoms with Crippen LogP contribution in [0.3, 0.4) is 0 Å². The zero-order chi connectivity index (χ0) is 21.5. The number of amides is 1. The van der Waals surface area contributed by atoms with E-state index in [0.29, 0.717) is 0 Å². The molecule has 2 aliphatic heterocycles. The van der Waals surface area contributed by atoms with Gasteiger partial charge in [0.05, 0.1) is 19.2 Å². The van der Waals surface area contributed by atoms with Gasteiger partial charge in [0.15, 0.2) is 0 Å². The molecule has 2 heterocycles. The minimum atomic E-state index is -0.304. The fraction of sp³-hybridized carbons (Fsp3) is 0.240. The second-order valence-corrected chi connectivity index (χ2v) is 9.05. The molecule has 31 heavy (non-hydrogen) atoms. The van der Waals surface area contributed by atoms with Crippen LogP contribution in [0.1, 0.15) is 28.8 Å². The van der Waals surface area contributed by atoms with E-state index >= 15 is 0 Å². The van der Waals surface area contributed by atoms with E-state index in [1.807, 2.05) is 41.3 Å². The number of ether oxygens (including phenoxy) is 1. The fourth-order valence-corrected chi connectivity index (χ4v) is 5.02. The first-order chi connectivity index (χ1) is 15.1. The van der Waals surface area contributed by atoms with Crippen molar-refractivity contribution in [2.45, 2.75) is 25.0 Å². The van der Waals surface area contributed by atoms with Crippen LogP contribution in [0, 0.1) is 12.8 Å². The Morgan fingerprint density at radius 3 is 2.10 bits per heavy atom. The first-order valence-corrected chi connectivity index (χ1v) is 11.2. The van der Waals surface area contributed by atoms with Crippen LogP contribution in [-0.2, 0) is 4.79 Å². The number of hydrogen-bond donors (Lipinski definition) is 2. The van der Waals surface area contributed by atoms with Gasteiger partial charge in [0, 0.05) is 16.1 Å². The van der Waals surface area contributed by atoms with Gasteiger partial charge in [0.1, 0.15) is 11.8 Å². The lowest BCUT2D eigenvalue weighted by molar-refractivity contribution is -0.119. The van der Waals surface area contributed by atoms with E-state index in [0.717, 1.165) is 27.0 Å². The molecule has 5 rings (SSSR count). The van der Waals surface area contributed by atoms with Gasteiger partial charge in [-0.05, 0) is 54.4 Å². The Balaban J connectivity index is 1.60. The molecule has 0 spiro atoms. The van der Waals surface area contributed by atoms with Gasteiger partial charge in [0.2, 0.25) is 5.91 Å². The molecule has 2 N–H and O–H groups in total. The second kappa shape index (κ2) is 8.11. The van der Waals surface area contributed by atoms with Gasteiger partial charge in [-0.2, -0.15) is 0 Å². The molecule has 2 saturated heterocycles. The number of rotatable bonds is 4. The Morgan fingerprint density at radius 2 is 1.45 bits per heavy atom. The summed E-state index contributed by atoms with van der Waals surface area (Å²) in [5, 5.41) is 0. The van der Waals surface area contributed by atoms with Crippen molar-refractivity contribution in [3.8, 4) is 5.75 Å². The van der Waals surface area contributed by atoms with E-state index < -0.39 is 0 Å². The number of halogens is 1. The first kappa shape index (κ1) is 20.2. The van der Waals surface area contributed by atoms with Crippen molar-refractivity contribution in [3.05, 3.63) is 94.0 Å². The topological polar surface area (TPSA) is 53.6 Å². The monoisotopic (exact) mass is 477 g/mol. The van der Waals surface area contributed by atoms with Crippen LogP contribution in [0.15, 0.2) is 77.3 Å². The molecule has 0 bridgehead atoms. The molecule has 158 valence electrons. The summed E-state index contributed by atoms with van der Waals surface area (Å²) in [4.78, 5) is 15.5. The SMILES string of the molecule is COc1ccc(C2NNC3C(=O)N(c4ccc(Br)cc4)C(c4ccc(C)cc4)C32)cc1. The summed E-state index contributed by atoms with van der Waals surface area (Å²) in [7, 11) is 1.67. The number of carbonyl (C=O) groups is 1. The highest BCUT2D eigenvalue weighted by Crippen LogP contribution is 2.49. The zero-order valence-corrected chi connectivity index (χ0v) is 19.0. The third-order valence-electron chi connectivity index (χ3n) is 6.31. The van der Waals surface area contributed by atoms with E-state index in [4.69, 9.17) is 4.74 Å². The molecule has 5 nitrogen and oxygen atoms in total. The molecule has 0 aliphatic carbocycles. The van der Waals surface area contributed by atoms with Crippen LogP contribution >= 0.6 is 15.9 Å². The van der Waals surface area contributed by atoms with Crippen LogP contribution in [-0.4, -0.2) is 19.1 Å². The van der Waals surface area contributed by atoms with E-state index in [2.05, 4.69) is 70.1 Å². The third kappa shape index (κ3) is 3.55. The maximum absolute atomic E-state index is 13.6. The summed E-state index contributed by atoms with van der Waals surface area (Å²) >= 11 is 3.50. The lowest BCUT2D eigenvalue weighted by atomic mass is 9.83. The van der Waals surface area contributed by atoms with Crippen LogP contribution < -0.4 is 20.5 Å². The van der Waals surface area contributed by atoms with Gasteiger partial charge in [0.25, 0.3) is 0 Å². The number of anilines is 1. The summed E-state index contributed by atoms with van der Waals surface area (Å²) in [5.41, 5.74) is 11.0. The fourth-order valence-electron chi connectivity index (χ4n) is 4.76. The molecule has 4 atom stereocenters. The van der Waals surface area contributed by atoms with E-state index in [-0.39, 0.29) is 30.0 Å². The van der Waals surface area contributed by atoms with E-state index in [9.17, 15) is 4.79 Å². The molecular formula is C25H24BrN3O2. The quantitative estimate of drug-likeness (QED) is 0.572. The Hall–Kier alpha value is -2.67. The predicted molar refractivity (Wildman–Crippen MR) is 125 cm³/mol. The molecule has 3 aromatic rings. The van der Waals surface area contributed by atoms with E-state index in [1.165, 1.54) is 5.56 Å². The molecule has 0 aromatic heterocycles. The molecule has 4 unspecified atom stereocenters. The number of nitrogens with zero attached hydrogens (tertiary/aromatic N) is 1. The van der Waals surface area contributed by atoms with Crippen molar-refractivity contribution in [3.63, 3.8) is 0 Å². The van der Waals surface area contributed by atoms with Gasteiger partial charge < -0.3 is 9.64 Å². The number of aryl methyl sites for hydroxylation is 1. The van der Waals surface area contributed by atoms with Gasteiger partial charge >= 0.3 is 0 Å².